The summed E-state index contributed by atoms with van der Waals surface area (Å²) in [7, 11) is 0. The molecule has 0 aliphatic heterocycles. The molecule has 4 heteroatoms. The molecule has 0 saturated carbocycles. The summed E-state index contributed by atoms with van der Waals surface area (Å²) in [6, 6.07) is 142. The Bertz CT molecular complexity index is 6120. The largest absolute Gasteiger partial charge is 0.310 e. The zero-order chi connectivity index (χ0) is 68.0. The third kappa shape index (κ3) is 11.2. The lowest BCUT2D eigenvalue weighted by molar-refractivity contribution is 1.26. The fraction of sp³-hybridized carbons (Fsp3) is 0.0204. The monoisotopic (exact) mass is 1300 g/mol. The Morgan fingerprint density at radius 1 is 0.157 bits per heavy atom. The Hall–Kier alpha value is -13.3. The van der Waals surface area contributed by atoms with Gasteiger partial charge in [-0.2, -0.15) is 0 Å². The van der Waals surface area contributed by atoms with Gasteiger partial charge in [0.05, 0.1) is 22.7 Å². The molecule has 4 nitrogen and oxygen atoms in total. The number of anilines is 12. The highest BCUT2D eigenvalue weighted by Crippen LogP contribution is 2.48. The SMILES string of the molecule is Cc1ccc2ccccc2c1N(c1ccccc1)c1ccc(-c2ccc(N(c3ccc(-c4ccc5cc(N(c6ccccc6)c6ccc(-c7ccc(N(c8ccccc8)c8cc9ccccc9c9ccccc89)cc7)cc6)c6ccccc6c5c4)cc3)c3c(C)ccc4ccccc34)cc2)cc1. The molecule has 18 aromatic carbocycles. The number of benzene rings is 18. The van der Waals surface area contributed by atoms with E-state index in [0.29, 0.717) is 0 Å². The van der Waals surface area contributed by atoms with Gasteiger partial charge < -0.3 is 19.6 Å². The van der Waals surface area contributed by atoms with E-state index in [9.17, 15) is 0 Å². The van der Waals surface area contributed by atoms with Gasteiger partial charge in [0.25, 0.3) is 0 Å². The Morgan fingerprint density at radius 3 is 0.804 bits per heavy atom. The smallest absolute Gasteiger partial charge is 0.0569 e. The van der Waals surface area contributed by atoms with Crippen LogP contribution in [0.25, 0.3) is 98.0 Å². The summed E-state index contributed by atoms with van der Waals surface area (Å²) in [4.78, 5) is 9.64. The second-order valence-electron chi connectivity index (χ2n) is 26.5. The summed E-state index contributed by atoms with van der Waals surface area (Å²) in [6.45, 7) is 4.44. The molecule has 0 atom stereocenters. The summed E-state index contributed by atoms with van der Waals surface area (Å²) in [5.74, 6) is 0. The van der Waals surface area contributed by atoms with E-state index in [-0.39, 0.29) is 0 Å². The Labute approximate surface area is 595 Å². The van der Waals surface area contributed by atoms with Crippen LogP contribution in [0.3, 0.4) is 0 Å². The van der Waals surface area contributed by atoms with Crippen molar-refractivity contribution in [1.82, 2.24) is 0 Å². The van der Waals surface area contributed by atoms with Crippen molar-refractivity contribution in [3.05, 3.63) is 399 Å². The fourth-order valence-electron chi connectivity index (χ4n) is 15.4. The number of hydrogen-bond acceptors (Lipinski definition) is 4. The van der Waals surface area contributed by atoms with Crippen LogP contribution in [0.1, 0.15) is 11.1 Å². The van der Waals surface area contributed by atoms with Crippen LogP contribution < -0.4 is 19.6 Å². The van der Waals surface area contributed by atoms with E-state index in [4.69, 9.17) is 0 Å². The fourth-order valence-corrected chi connectivity index (χ4v) is 15.4. The van der Waals surface area contributed by atoms with Gasteiger partial charge >= 0.3 is 0 Å². The molecule has 0 radical (unpaired) electrons. The Kier molecular flexibility index (Phi) is 15.7. The van der Waals surface area contributed by atoms with Gasteiger partial charge in [-0.3, -0.25) is 0 Å². The second-order valence-corrected chi connectivity index (χ2v) is 26.5. The molecular weight excluding hydrogens is 1230 g/mol. The number of rotatable bonds is 15. The highest BCUT2D eigenvalue weighted by atomic mass is 15.2. The van der Waals surface area contributed by atoms with Gasteiger partial charge in [0.2, 0.25) is 0 Å². The van der Waals surface area contributed by atoms with Crippen molar-refractivity contribution in [2.75, 3.05) is 19.6 Å². The van der Waals surface area contributed by atoms with Gasteiger partial charge in [0.1, 0.15) is 0 Å². The van der Waals surface area contributed by atoms with Crippen LogP contribution in [0, 0.1) is 13.8 Å². The molecule has 0 fully saturated rings. The molecule has 102 heavy (non-hydrogen) atoms. The first kappa shape index (κ1) is 61.1. The van der Waals surface area contributed by atoms with Gasteiger partial charge in [-0.1, -0.05) is 273 Å². The van der Waals surface area contributed by atoms with Gasteiger partial charge in [-0.25, -0.2) is 0 Å². The summed E-state index contributed by atoms with van der Waals surface area (Å²) in [6.07, 6.45) is 0. The first-order valence-corrected chi connectivity index (χ1v) is 35.1. The molecule has 0 N–H and O–H groups in total. The topological polar surface area (TPSA) is 13.0 Å². The molecule has 0 amide bonds. The van der Waals surface area contributed by atoms with Gasteiger partial charge in [0.15, 0.2) is 0 Å². The molecule has 0 spiro atoms. The van der Waals surface area contributed by atoms with Crippen LogP contribution >= 0.6 is 0 Å². The Morgan fingerprint density at radius 2 is 0.412 bits per heavy atom. The van der Waals surface area contributed by atoms with Crippen molar-refractivity contribution < 1.29 is 0 Å². The standard InChI is InChI=1S/C98H70N4/c1-67-38-40-74-22-12-16-32-88(74)97(67)101(81-29-10-5-11-30-81)84-58-48-71(49-59-84)72-50-60-85(61-51-72)102(98-68(2)39-41-75-23-13-17-33-89(75)98)86-62-52-73(53-63-86)76-42-43-78-66-96(93-37-21-19-35-91(93)94(78)64-76)100(80-27-8-4-9-28-80)83-56-46-70(47-57-83)69-44-54-82(55-45-69)99(79-25-6-3-7-26-79)95-65-77-24-14-15-31-87(77)90-34-18-20-36-92(90)95/h3-66H,1-2H3. The van der Waals surface area contributed by atoms with Crippen molar-refractivity contribution in [3.8, 4) is 33.4 Å². The van der Waals surface area contributed by atoms with Gasteiger partial charge in [-0.15, -0.1) is 0 Å². The van der Waals surface area contributed by atoms with Crippen molar-refractivity contribution in [3.63, 3.8) is 0 Å². The molecule has 0 heterocycles. The number of fused-ring (bicyclic) bond motifs is 8. The highest BCUT2D eigenvalue weighted by Gasteiger charge is 2.24. The number of nitrogens with zero attached hydrogens (tertiary/aromatic N) is 4. The van der Waals surface area contributed by atoms with Crippen molar-refractivity contribution in [1.29, 1.82) is 0 Å². The molecule has 0 bridgehead atoms. The maximum atomic E-state index is 2.44. The zero-order valence-electron chi connectivity index (χ0n) is 56.7. The third-order valence-corrected chi connectivity index (χ3v) is 20.4. The lowest BCUT2D eigenvalue weighted by atomic mass is 9.95. The van der Waals surface area contributed by atoms with Crippen LogP contribution in [0.4, 0.5) is 68.2 Å². The third-order valence-electron chi connectivity index (χ3n) is 20.4. The average Bonchev–Trinajstić information content (AvgIpc) is 0.774. The van der Waals surface area contributed by atoms with Crippen LogP contribution in [-0.2, 0) is 0 Å². The van der Waals surface area contributed by atoms with E-state index in [0.717, 1.165) is 90.3 Å². The molecule has 18 aromatic rings. The van der Waals surface area contributed by atoms with E-state index in [1.165, 1.54) is 87.1 Å². The highest BCUT2D eigenvalue weighted by molar-refractivity contribution is 6.17. The van der Waals surface area contributed by atoms with Crippen molar-refractivity contribution >= 4 is 133 Å². The van der Waals surface area contributed by atoms with Crippen molar-refractivity contribution in [2.45, 2.75) is 13.8 Å². The van der Waals surface area contributed by atoms with Crippen LogP contribution in [0.5, 0.6) is 0 Å². The maximum absolute atomic E-state index is 2.44. The van der Waals surface area contributed by atoms with Crippen LogP contribution in [-0.4, -0.2) is 0 Å². The van der Waals surface area contributed by atoms with Crippen LogP contribution in [0.2, 0.25) is 0 Å². The normalized spacial score (nSPS) is 11.4. The van der Waals surface area contributed by atoms with Crippen molar-refractivity contribution in [2.24, 2.45) is 0 Å². The second kappa shape index (κ2) is 26.2. The minimum atomic E-state index is 1.08. The molecule has 0 aliphatic carbocycles. The number of aryl methyl sites for hydroxylation is 2. The first-order valence-electron chi connectivity index (χ1n) is 35.1. The Balaban J connectivity index is 0.655. The summed E-state index contributed by atoms with van der Waals surface area (Å²) < 4.78 is 0. The zero-order valence-corrected chi connectivity index (χ0v) is 56.7. The molecular formula is C98H70N4. The van der Waals surface area contributed by atoms with E-state index >= 15 is 0 Å². The quantitative estimate of drug-likeness (QED) is 0.0949. The maximum Gasteiger partial charge on any atom is 0.0569 e. The lowest BCUT2D eigenvalue weighted by Crippen LogP contribution is -2.12. The molecule has 18 rings (SSSR count). The molecule has 0 aromatic heterocycles. The summed E-state index contributed by atoms with van der Waals surface area (Å²) >= 11 is 0. The molecule has 0 saturated heterocycles. The minimum Gasteiger partial charge on any atom is -0.310 e. The lowest BCUT2D eigenvalue weighted by Gasteiger charge is -2.29. The predicted octanol–water partition coefficient (Wildman–Crippen LogP) is 28.1. The molecule has 0 aliphatic rings. The van der Waals surface area contributed by atoms with E-state index < -0.39 is 0 Å². The van der Waals surface area contributed by atoms with E-state index in [2.05, 4.69) is 422 Å². The summed E-state index contributed by atoms with van der Waals surface area (Å²) in [5.41, 5.74) is 22.7. The first-order chi connectivity index (χ1) is 50.4. The van der Waals surface area contributed by atoms with E-state index in [1.54, 1.807) is 0 Å². The van der Waals surface area contributed by atoms with Gasteiger partial charge in [0, 0.05) is 67.0 Å². The van der Waals surface area contributed by atoms with Gasteiger partial charge in [-0.05, 0) is 217 Å². The minimum absolute atomic E-state index is 1.08. The average molecular weight is 1300 g/mol. The molecule has 0 unspecified atom stereocenters. The van der Waals surface area contributed by atoms with Crippen LogP contribution in [0.15, 0.2) is 388 Å². The predicted molar refractivity (Wildman–Crippen MR) is 436 cm³/mol. The summed E-state index contributed by atoms with van der Waals surface area (Å²) in [5, 5.41) is 14.5. The number of para-hydroxylation sites is 3. The number of hydrogen-bond donors (Lipinski definition) is 0. The molecule has 482 valence electrons. The van der Waals surface area contributed by atoms with E-state index in [1.807, 2.05) is 0 Å².